The normalized spacial score (nSPS) is 12.1. The predicted octanol–water partition coefficient (Wildman–Crippen LogP) is 19.0. The molecule has 0 bridgehead atoms. The average molecular weight is 876 g/mol. The predicted molar refractivity (Wildman–Crippen MR) is 270 cm³/mol. The fourth-order valence-electron chi connectivity index (χ4n) is 8.57. The van der Waals surface area contributed by atoms with E-state index >= 15 is 0 Å². The maximum atomic E-state index is 12.8. The minimum atomic E-state index is -0.531. The number of rotatable bonds is 53. The van der Waals surface area contributed by atoms with Gasteiger partial charge in [-0.3, -0.25) is 9.59 Å². The van der Waals surface area contributed by atoms with Crippen LogP contribution in [0, 0.1) is 0 Å². The van der Waals surface area contributed by atoms with Crippen molar-refractivity contribution in [2.45, 2.75) is 322 Å². The highest BCUT2D eigenvalue weighted by Gasteiger charge is 2.17. The Hall–Kier alpha value is -1.36. The van der Waals surface area contributed by atoms with Gasteiger partial charge in [-0.2, -0.15) is 0 Å². The van der Waals surface area contributed by atoms with Crippen LogP contribution in [0.4, 0.5) is 0 Å². The summed E-state index contributed by atoms with van der Waals surface area (Å²) in [5.74, 6) is -0.382. The van der Waals surface area contributed by atoms with Crippen molar-refractivity contribution in [3.05, 3.63) is 12.2 Å². The molecule has 5 nitrogen and oxygen atoms in total. The number of hydrogen-bond donors (Lipinski definition) is 0. The molecule has 0 aliphatic rings. The van der Waals surface area contributed by atoms with E-state index < -0.39 is 6.10 Å². The Morgan fingerprint density at radius 3 is 1.00 bits per heavy atom. The average Bonchev–Trinajstić information content (AvgIpc) is 3.27. The zero-order valence-electron chi connectivity index (χ0n) is 42.4. The van der Waals surface area contributed by atoms with Crippen LogP contribution in [0.3, 0.4) is 0 Å². The van der Waals surface area contributed by atoms with Crippen LogP contribution in [0.1, 0.15) is 316 Å². The molecule has 0 saturated carbocycles. The Balaban J connectivity index is 4.16. The zero-order valence-corrected chi connectivity index (χ0v) is 42.4. The number of hydrogen-bond acceptors (Lipinski definition) is 5. The second-order valence-corrected chi connectivity index (χ2v) is 19.2. The molecule has 0 N–H and O–H groups in total. The highest BCUT2D eigenvalue weighted by molar-refractivity contribution is 5.70. The summed E-state index contributed by atoms with van der Waals surface area (Å²) in [5, 5.41) is 0. The van der Waals surface area contributed by atoms with Crippen LogP contribution in [-0.4, -0.2) is 37.9 Å². The lowest BCUT2D eigenvalue weighted by Gasteiger charge is -2.18. The molecule has 1 atom stereocenters. The summed E-state index contributed by atoms with van der Waals surface area (Å²) < 4.78 is 17.5. The van der Waals surface area contributed by atoms with Crippen molar-refractivity contribution >= 4 is 11.9 Å². The number of esters is 2. The van der Waals surface area contributed by atoms with Crippen LogP contribution < -0.4 is 0 Å². The first-order valence-corrected chi connectivity index (χ1v) is 28.2. The van der Waals surface area contributed by atoms with Gasteiger partial charge in [-0.1, -0.05) is 270 Å². The molecule has 0 aromatic rings. The first-order valence-electron chi connectivity index (χ1n) is 28.2. The van der Waals surface area contributed by atoms with Gasteiger partial charge >= 0.3 is 11.9 Å². The second-order valence-electron chi connectivity index (χ2n) is 19.2. The third-order valence-electron chi connectivity index (χ3n) is 12.8. The summed E-state index contributed by atoms with van der Waals surface area (Å²) in [6, 6.07) is 0. The van der Waals surface area contributed by atoms with Gasteiger partial charge in [-0.25, -0.2) is 0 Å². The van der Waals surface area contributed by atoms with Crippen molar-refractivity contribution in [3.8, 4) is 0 Å². The first-order chi connectivity index (χ1) is 30.6. The van der Waals surface area contributed by atoms with Gasteiger partial charge in [0, 0.05) is 19.4 Å². The first kappa shape index (κ1) is 60.6. The number of ether oxygens (including phenoxy) is 3. The number of allylic oxidation sites excluding steroid dienone is 2. The van der Waals surface area contributed by atoms with E-state index in [4.69, 9.17) is 14.2 Å². The van der Waals surface area contributed by atoms with Crippen LogP contribution in [-0.2, 0) is 23.8 Å². The SMILES string of the molecule is CCCCCC/C=C\CCCCCCCC(=O)OC(COCCCCCCCCCCCCCCCC)COC(=O)CCCCCCCCCCCCCCCCCCCCC. The highest BCUT2D eigenvalue weighted by atomic mass is 16.6. The molecule has 0 radical (unpaired) electrons. The maximum Gasteiger partial charge on any atom is 0.306 e. The molecule has 62 heavy (non-hydrogen) atoms. The summed E-state index contributed by atoms with van der Waals surface area (Å²) in [5.41, 5.74) is 0. The van der Waals surface area contributed by atoms with Gasteiger partial charge in [0.1, 0.15) is 6.61 Å². The molecule has 0 rings (SSSR count). The van der Waals surface area contributed by atoms with Gasteiger partial charge in [0.15, 0.2) is 6.10 Å². The third kappa shape index (κ3) is 51.3. The lowest BCUT2D eigenvalue weighted by molar-refractivity contribution is -0.163. The van der Waals surface area contributed by atoms with E-state index in [2.05, 4.69) is 32.9 Å². The van der Waals surface area contributed by atoms with Crippen molar-refractivity contribution in [1.82, 2.24) is 0 Å². The standard InChI is InChI=1S/C57H110O5/c1-4-7-10-13-16-19-22-25-27-28-29-30-31-33-35-38-41-44-47-50-56(58)61-54-55(53-60-52-49-46-43-40-37-34-26-23-20-17-14-11-8-5-2)62-57(59)51-48-45-42-39-36-32-24-21-18-15-12-9-6-3/h21,24,55H,4-20,22-23,25-54H2,1-3H3/b24-21-. The second kappa shape index (κ2) is 54.0. The summed E-state index contributed by atoms with van der Waals surface area (Å²) in [7, 11) is 0. The van der Waals surface area contributed by atoms with Crippen molar-refractivity contribution < 1.29 is 23.8 Å². The molecule has 0 amide bonds. The van der Waals surface area contributed by atoms with Gasteiger partial charge in [-0.15, -0.1) is 0 Å². The van der Waals surface area contributed by atoms with Gasteiger partial charge in [0.2, 0.25) is 0 Å². The molecule has 0 fully saturated rings. The number of unbranched alkanes of at least 4 members (excludes halogenated alkanes) is 40. The molecule has 0 aromatic heterocycles. The summed E-state index contributed by atoms with van der Waals surface area (Å²) in [4.78, 5) is 25.4. The van der Waals surface area contributed by atoms with Gasteiger partial charge in [0.25, 0.3) is 0 Å². The Morgan fingerprint density at radius 1 is 0.339 bits per heavy atom. The molecule has 5 heteroatoms. The molecule has 0 saturated heterocycles. The molecule has 0 aliphatic carbocycles. The number of carbonyl (C=O) groups excluding carboxylic acids is 2. The quantitative estimate of drug-likeness (QED) is 0.0346. The minimum absolute atomic E-state index is 0.0918. The van der Waals surface area contributed by atoms with Crippen LogP contribution >= 0.6 is 0 Å². The Kier molecular flexibility index (Phi) is 52.8. The summed E-state index contributed by atoms with van der Waals surface area (Å²) in [6.07, 6.45) is 62.3. The van der Waals surface area contributed by atoms with E-state index in [1.54, 1.807) is 0 Å². The van der Waals surface area contributed by atoms with Crippen LogP contribution in [0.2, 0.25) is 0 Å². The molecule has 1 unspecified atom stereocenters. The van der Waals surface area contributed by atoms with E-state index in [0.717, 1.165) is 44.9 Å². The van der Waals surface area contributed by atoms with Crippen LogP contribution in [0.25, 0.3) is 0 Å². The summed E-state index contributed by atoms with van der Waals surface area (Å²) in [6.45, 7) is 7.88. The van der Waals surface area contributed by atoms with Crippen LogP contribution in [0.15, 0.2) is 12.2 Å². The van der Waals surface area contributed by atoms with E-state index in [1.807, 2.05) is 0 Å². The fraction of sp³-hybridized carbons (Fsp3) is 0.930. The molecule has 0 heterocycles. The monoisotopic (exact) mass is 875 g/mol. The van der Waals surface area contributed by atoms with Gasteiger partial charge in [-0.05, 0) is 44.9 Å². The van der Waals surface area contributed by atoms with E-state index in [9.17, 15) is 9.59 Å². The number of carbonyl (C=O) groups is 2. The molecule has 0 aliphatic heterocycles. The largest absolute Gasteiger partial charge is 0.462 e. The molecule has 0 aromatic carbocycles. The minimum Gasteiger partial charge on any atom is -0.462 e. The molecule has 0 spiro atoms. The highest BCUT2D eigenvalue weighted by Crippen LogP contribution is 2.17. The third-order valence-corrected chi connectivity index (χ3v) is 12.8. The Labute approximate surface area is 388 Å². The maximum absolute atomic E-state index is 12.8. The fourth-order valence-corrected chi connectivity index (χ4v) is 8.57. The molecule has 368 valence electrons. The Morgan fingerprint density at radius 2 is 0.629 bits per heavy atom. The van der Waals surface area contributed by atoms with Crippen molar-refractivity contribution in [2.24, 2.45) is 0 Å². The van der Waals surface area contributed by atoms with Crippen LogP contribution in [0.5, 0.6) is 0 Å². The van der Waals surface area contributed by atoms with E-state index in [1.165, 1.54) is 238 Å². The van der Waals surface area contributed by atoms with Crippen molar-refractivity contribution in [1.29, 1.82) is 0 Å². The molecular weight excluding hydrogens is 765 g/mol. The van der Waals surface area contributed by atoms with Crippen molar-refractivity contribution in [2.75, 3.05) is 19.8 Å². The van der Waals surface area contributed by atoms with Crippen molar-refractivity contribution in [3.63, 3.8) is 0 Å². The Bertz CT molecular complexity index is 902. The topological polar surface area (TPSA) is 61.8 Å². The van der Waals surface area contributed by atoms with E-state index in [-0.39, 0.29) is 18.5 Å². The zero-order chi connectivity index (χ0) is 44.9. The summed E-state index contributed by atoms with van der Waals surface area (Å²) >= 11 is 0. The van der Waals surface area contributed by atoms with E-state index in [0.29, 0.717) is 26.1 Å². The van der Waals surface area contributed by atoms with Gasteiger partial charge in [0.05, 0.1) is 6.61 Å². The lowest BCUT2D eigenvalue weighted by atomic mass is 10.0. The smallest absolute Gasteiger partial charge is 0.306 e. The lowest BCUT2D eigenvalue weighted by Crippen LogP contribution is -2.30. The molecular formula is C57H110O5. The van der Waals surface area contributed by atoms with Gasteiger partial charge < -0.3 is 14.2 Å².